The molecule has 29 heavy (non-hydrogen) atoms. The number of ether oxygens (including phenoxy) is 2. The summed E-state index contributed by atoms with van der Waals surface area (Å²) >= 11 is 0. The summed E-state index contributed by atoms with van der Waals surface area (Å²) in [6.07, 6.45) is 2.49. The quantitative estimate of drug-likeness (QED) is 0.653. The van der Waals surface area contributed by atoms with Gasteiger partial charge in [-0.1, -0.05) is 19.1 Å². The molecule has 0 heterocycles. The van der Waals surface area contributed by atoms with Gasteiger partial charge in [-0.15, -0.1) is 0 Å². The van der Waals surface area contributed by atoms with Gasteiger partial charge in [-0.3, -0.25) is 9.52 Å². The van der Waals surface area contributed by atoms with Gasteiger partial charge in [0.25, 0.3) is 10.0 Å². The van der Waals surface area contributed by atoms with Crippen LogP contribution in [0.5, 0.6) is 11.5 Å². The first-order chi connectivity index (χ1) is 13.9. The average molecular weight is 419 g/mol. The maximum atomic E-state index is 12.9. The van der Waals surface area contributed by atoms with Gasteiger partial charge in [-0.2, -0.15) is 0 Å². The zero-order chi connectivity index (χ0) is 21.1. The lowest BCUT2D eigenvalue weighted by Crippen LogP contribution is -2.35. The van der Waals surface area contributed by atoms with E-state index in [-0.39, 0.29) is 16.6 Å². The predicted octanol–water partition coefficient (Wildman–Crippen LogP) is 3.06. The topological polar surface area (TPSA) is 93.7 Å². The van der Waals surface area contributed by atoms with Crippen molar-refractivity contribution in [2.45, 2.75) is 36.5 Å². The molecule has 0 bridgehead atoms. The number of sulfonamides is 1. The average Bonchev–Trinajstić information content (AvgIpc) is 3.53. The molecule has 1 fully saturated rings. The van der Waals surface area contributed by atoms with Gasteiger partial charge in [-0.25, -0.2) is 8.42 Å². The monoisotopic (exact) mass is 418 g/mol. The fraction of sp³-hybridized carbons (Fsp3) is 0.381. The molecule has 1 saturated carbocycles. The molecule has 2 N–H and O–H groups in total. The maximum absolute atomic E-state index is 12.9. The number of benzene rings is 2. The molecule has 7 nitrogen and oxygen atoms in total. The molecule has 1 aliphatic rings. The zero-order valence-corrected chi connectivity index (χ0v) is 17.6. The summed E-state index contributed by atoms with van der Waals surface area (Å²) in [5.41, 5.74) is 0.819. The summed E-state index contributed by atoms with van der Waals surface area (Å²) in [5.74, 6) is 0.670. The van der Waals surface area contributed by atoms with Crippen LogP contribution in [0.2, 0.25) is 0 Å². The standard InChI is InChI=1S/C21H26N2O5S/c1-4-13-22-20(24)21(11-12-21)15-5-7-16(8-6-15)23-29(25,26)19-14-17(27-2)9-10-18(19)28-3/h5-10,14,23H,4,11-13H2,1-3H3,(H,22,24). The minimum absolute atomic E-state index is 0.0129. The lowest BCUT2D eigenvalue weighted by molar-refractivity contribution is -0.123. The Balaban J connectivity index is 1.80. The summed E-state index contributed by atoms with van der Waals surface area (Å²) in [6.45, 7) is 2.67. The highest BCUT2D eigenvalue weighted by atomic mass is 32.2. The molecule has 0 radical (unpaired) electrons. The summed E-state index contributed by atoms with van der Waals surface area (Å²) in [7, 11) is -1.01. The van der Waals surface area contributed by atoms with Crippen molar-refractivity contribution in [2.75, 3.05) is 25.5 Å². The van der Waals surface area contributed by atoms with Crippen LogP contribution in [-0.2, 0) is 20.2 Å². The molecular formula is C21H26N2O5S. The Bertz CT molecular complexity index is 983. The third-order valence-corrected chi connectivity index (χ3v) is 6.47. The molecular weight excluding hydrogens is 392 g/mol. The molecule has 0 unspecified atom stereocenters. The lowest BCUT2D eigenvalue weighted by Gasteiger charge is -2.17. The Hall–Kier alpha value is -2.74. The predicted molar refractivity (Wildman–Crippen MR) is 111 cm³/mol. The van der Waals surface area contributed by atoms with Crippen LogP contribution in [0.1, 0.15) is 31.7 Å². The van der Waals surface area contributed by atoms with Gasteiger partial charge in [0.1, 0.15) is 16.4 Å². The molecule has 156 valence electrons. The molecule has 0 saturated heterocycles. The second-order valence-corrected chi connectivity index (χ2v) is 8.69. The highest BCUT2D eigenvalue weighted by Crippen LogP contribution is 2.48. The first kappa shape index (κ1) is 21.0. The Kier molecular flexibility index (Phi) is 6.02. The molecule has 3 rings (SSSR count). The van der Waals surface area contributed by atoms with Crippen LogP contribution in [0.3, 0.4) is 0 Å². The Labute approximate surface area is 171 Å². The van der Waals surface area contributed by atoms with Gasteiger partial charge in [-0.05, 0) is 49.1 Å². The number of amides is 1. The van der Waals surface area contributed by atoms with Crippen molar-refractivity contribution < 1.29 is 22.7 Å². The molecule has 8 heteroatoms. The Morgan fingerprint density at radius 2 is 1.76 bits per heavy atom. The van der Waals surface area contributed by atoms with E-state index in [9.17, 15) is 13.2 Å². The molecule has 0 aliphatic heterocycles. The molecule has 0 spiro atoms. The van der Waals surface area contributed by atoms with Gasteiger partial charge < -0.3 is 14.8 Å². The van der Waals surface area contributed by atoms with Gasteiger partial charge in [0.15, 0.2) is 0 Å². The van der Waals surface area contributed by atoms with Crippen LogP contribution >= 0.6 is 0 Å². The second kappa shape index (κ2) is 8.32. The smallest absolute Gasteiger partial charge is 0.265 e. The number of anilines is 1. The minimum Gasteiger partial charge on any atom is -0.497 e. The lowest BCUT2D eigenvalue weighted by atomic mass is 9.95. The molecule has 0 atom stereocenters. The fourth-order valence-electron chi connectivity index (χ4n) is 3.24. The summed E-state index contributed by atoms with van der Waals surface area (Å²) < 4.78 is 38.6. The number of carbonyl (C=O) groups is 1. The van der Waals surface area contributed by atoms with Crippen LogP contribution in [0.15, 0.2) is 47.4 Å². The molecule has 1 aliphatic carbocycles. The van der Waals surface area contributed by atoms with Crippen LogP contribution in [-0.4, -0.2) is 35.1 Å². The van der Waals surface area contributed by atoms with E-state index in [1.54, 1.807) is 36.4 Å². The molecule has 2 aromatic carbocycles. The first-order valence-corrected chi connectivity index (χ1v) is 11.0. The van der Waals surface area contributed by atoms with E-state index >= 15 is 0 Å². The van der Waals surface area contributed by atoms with Gasteiger partial charge in [0.05, 0.1) is 19.6 Å². The first-order valence-electron chi connectivity index (χ1n) is 9.50. The highest BCUT2D eigenvalue weighted by Gasteiger charge is 2.50. The van der Waals surface area contributed by atoms with Crippen LogP contribution in [0.4, 0.5) is 5.69 Å². The normalized spacial score (nSPS) is 14.7. The second-order valence-electron chi connectivity index (χ2n) is 7.04. The number of nitrogens with one attached hydrogen (secondary N) is 2. The summed E-state index contributed by atoms with van der Waals surface area (Å²) in [5, 5.41) is 2.96. The summed E-state index contributed by atoms with van der Waals surface area (Å²) in [6, 6.07) is 11.5. The molecule has 0 aromatic heterocycles. The van der Waals surface area contributed by atoms with Crippen molar-refractivity contribution in [1.82, 2.24) is 5.32 Å². The molecule has 1 amide bonds. The highest BCUT2D eigenvalue weighted by molar-refractivity contribution is 7.92. The van der Waals surface area contributed by atoms with Gasteiger partial charge >= 0.3 is 0 Å². The Morgan fingerprint density at radius 3 is 2.31 bits per heavy atom. The zero-order valence-electron chi connectivity index (χ0n) is 16.8. The van der Waals surface area contributed by atoms with E-state index < -0.39 is 15.4 Å². The molecule has 2 aromatic rings. The number of carbonyl (C=O) groups excluding carboxylic acids is 1. The number of hydrogen-bond donors (Lipinski definition) is 2. The number of hydrogen-bond acceptors (Lipinski definition) is 5. The third kappa shape index (κ3) is 4.32. The third-order valence-electron chi connectivity index (χ3n) is 5.07. The van der Waals surface area contributed by atoms with Crippen molar-refractivity contribution in [1.29, 1.82) is 0 Å². The van der Waals surface area contributed by atoms with Crippen molar-refractivity contribution >= 4 is 21.6 Å². The van der Waals surface area contributed by atoms with Crippen molar-refractivity contribution in [3.63, 3.8) is 0 Å². The van der Waals surface area contributed by atoms with E-state index in [0.29, 0.717) is 18.0 Å². The van der Waals surface area contributed by atoms with E-state index in [0.717, 1.165) is 24.8 Å². The SMILES string of the molecule is CCCNC(=O)C1(c2ccc(NS(=O)(=O)c3cc(OC)ccc3OC)cc2)CC1. The van der Waals surface area contributed by atoms with E-state index in [1.807, 2.05) is 6.92 Å². The van der Waals surface area contributed by atoms with Gasteiger partial charge in [0, 0.05) is 18.3 Å². The number of methoxy groups -OCH3 is 2. The van der Waals surface area contributed by atoms with E-state index in [2.05, 4.69) is 10.0 Å². The van der Waals surface area contributed by atoms with Crippen molar-refractivity contribution in [3.8, 4) is 11.5 Å². The number of rotatable bonds is 9. The van der Waals surface area contributed by atoms with Crippen LogP contribution in [0.25, 0.3) is 0 Å². The largest absolute Gasteiger partial charge is 0.497 e. The maximum Gasteiger partial charge on any atom is 0.265 e. The van der Waals surface area contributed by atoms with Crippen molar-refractivity contribution in [3.05, 3.63) is 48.0 Å². The van der Waals surface area contributed by atoms with E-state index in [4.69, 9.17) is 9.47 Å². The minimum atomic E-state index is -3.88. The fourth-order valence-corrected chi connectivity index (χ4v) is 4.48. The van der Waals surface area contributed by atoms with Crippen LogP contribution < -0.4 is 19.5 Å². The van der Waals surface area contributed by atoms with Crippen LogP contribution in [0, 0.1) is 0 Å². The Morgan fingerprint density at radius 1 is 1.07 bits per heavy atom. The van der Waals surface area contributed by atoms with Crippen molar-refractivity contribution in [2.24, 2.45) is 0 Å². The van der Waals surface area contributed by atoms with E-state index in [1.165, 1.54) is 20.3 Å². The summed E-state index contributed by atoms with van der Waals surface area (Å²) in [4.78, 5) is 12.5. The van der Waals surface area contributed by atoms with Gasteiger partial charge in [0.2, 0.25) is 5.91 Å².